The molecule has 0 saturated heterocycles. The minimum atomic E-state index is -0.252. The zero-order valence-electron chi connectivity index (χ0n) is 8.43. The molecule has 0 aliphatic heterocycles. The predicted molar refractivity (Wildman–Crippen MR) is 64.4 cm³/mol. The van der Waals surface area contributed by atoms with Gasteiger partial charge in [-0.1, -0.05) is 33.6 Å². The van der Waals surface area contributed by atoms with Crippen molar-refractivity contribution in [2.45, 2.75) is 18.7 Å². The summed E-state index contributed by atoms with van der Waals surface area (Å²) in [5.41, 5.74) is 2.21. The third-order valence-electron chi connectivity index (χ3n) is 1.87. The molecule has 1 rings (SSSR count). The lowest BCUT2D eigenvalue weighted by molar-refractivity contribution is -0.140. The largest absolute Gasteiger partial charge is 0.466 e. The highest BCUT2D eigenvalue weighted by molar-refractivity contribution is 9.08. The van der Waals surface area contributed by atoms with E-state index in [9.17, 15) is 4.79 Å². The lowest BCUT2D eigenvalue weighted by Gasteiger charge is -2.05. The molecule has 0 aliphatic rings. The van der Waals surface area contributed by atoms with Crippen molar-refractivity contribution in [2.75, 3.05) is 6.61 Å². The van der Waals surface area contributed by atoms with E-state index in [1.54, 1.807) is 0 Å². The summed E-state index contributed by atoms with van der Waals surface area (Å²) in [4.78, 5) is 10.6. The van der Waals surface area contributed by atoms with E-state index in [4.69, 9.17) is 16.3 Å². The molecule has 0 bridgehead atoms. The standard InChI is InChI=1S/C11H12BrClO2/c1-8(14)15-3-2-9-4-10(7-12)6-11(13)5-9/h4-6H,2-3,7H2,1H3. The van der Waals surface area contributed by atoms with Crippen molar-refractivity contribution in [3.05, 3.63) is 34.3 Å². The molecule has 15 heavy (non-hydrogen) atoms. The Morgan fingerprint density at radius 3 is 2.67 bits per heavy atom. The molecule has 0 fully saturated rings. The maximum absolute atomic E-state index is 10.6. The number of benzene rings is 1. The summed E-state index contributed by atoms with van der Waals surface area (Å²) in [6, 6.07) is 5.84. The van der Waals surface area contributed by atoms with E-state index in [0.717, 1.165) is 16.5 Å². The molecule has 0 saturated carbocycles. The maximum Gasteiger partial charge on any atom is 0.302 e. The van der Waals surface area contributed by atoms with Gasteiger partial charge in [-0.25, -0.2) is 0 Å². The number of ether oxygens (including phenoxy) is 1. The molecular weight excluding hydrogens is 279 g/mol. The quantitative estimate of drug-likeness (QED) is 0.628. The van der Waals surface area contributed by atoms with Gasteiger partial charge in [0.2, 0.25) is 0 Å². The number of carbonyl (C=O) groups excluding carboxylic acids is 1. The fourth-order valence-corrected chi connectivity index (χ4v) is 1.86. The van der Waals surface area contributed by atoms with E-state index in [1.807, 2.05) is 18.2 Å². The highest BCUT2D eigenvalue weighted by Crippen LogP contribution is 2.17. The third kappa shape index (κ3) is 4.67. The van der Waals surface area contributed by atoms with Crippen molar-refractivity contribution in [1.82, 2.24) is 0 Å². The zero-order valence-corrected chi connectivity index (χ0v) is 10.8. The molecule has 0 spiro atoms. The first-order valence-electron chi connectivity index (χ1n) is 4.59. The van der Waals surface area contributed by atoms with Crippen LogP contribution in [0, 0.1) is 0 Å². The smallest absolute Gasteiger partial charge is 0.302 e. The second-order valence-corrected chi connectivity index (χ2v) is 4.19. The number of esters is 1. The summed E-state index contributed by atoms with van der Waals surface area (Å²) in [7, 11) is 0. The average molecular weight is 292 g/mol. The molecule has 1 aromatic carbocycles. The number of carbonyl (C=O) groups is 1. The van der Waals surface area contributed by atoms with Crippen LogP contribution in [0.1, 0.15) is 18.1 Å². The number of rotatable bonds is 4. The summed E-state index contributed by atoms with van der Waals surface area (Å²) in [6.45, 7) is 1.80. The Morgan fingerprint density at radius 1 is 1.40 bits per heavy atom. The highest BCUT2D eigenvalue weighted by atomic mass is 79.9. The molecular formula is C11H12BrClO2. The molecule has 0 atom stereocenters. The Labute approximate surface area is 103 Å². The van der Waals surface area contributed by atoms with E-state index in [0.29, 0.717) is 18.1 Å². The molecule has 0 unspecified atom stereocenters. The molecule has 2 nitrogen and oxygen atoms in total. The van der Waals surface area contributed by atoms with Gasteiger partial charge in [-0.2, -0.15) is 0 Å². The van der Waals surface area contributed by atoms with Crippen LogP contribution in [0.5, 0.6) is 0 Å². The Bertz CT molecular complexity index is 352. The van der Waals surface area contributed by atoms with Crippen LogP contribution >= 0.6 is 27.5 Å². The van der Waals surface area contributed by atoms with Gasteiger partial charge in [-0.15, -0.1) is 0 Å². The normalized spacial score (nSPS) is 10.1. The van der Waals surface area contributed by atoms with Crippen molar-refractivity contribution in [3.63, 3.8) is 0 Å². The van der Waals surface area contributed by atoms with Crippen molar-refractivity contribution in [2.24, 2.45) is 0 Å². The molecule has 1 aromatic rings. The van der Waals surface area contributed by atoms with Crippen molar-refractivity contribution in [1.29, 1.82) is 0 Å². The highest BCUT2D eigenvalue weighted by Gasteiger charge is 2.00. The monoisotopic (exact) mass is 290 g/mol. The fourth-order valence-electron chi connectivity index (χ4n) is 1.25. The van der Waals surface area contributed by atoms with Gasteiger partial charge in [0.05, 0.1) is 6.61 Å². The van der Waals surface area contributed by atoms with Crippen LogP contribution < -0.4 is 0 Å². The summed E-state index contributed by atoms with van der Waals surface area (Å²) in [5, 5.41) is 1.48. The van der Waals surface area contributed by atoms with Crippen LogP contribution in [0.15, 0.2) is 18.2 Å². The van der Waals surface area contributed by atoms with E-state index in [2.05, 4.69) is 15.9 Å². The second-order valence-electron chi connectivity index (χ2n) is 3.19. The number of alkyl halides is 1. The SMILES string of the molecule is CC(=O)OCCc1cc(Cl)cc(CBr)c1. The Kier molecular flexibility index (Phi) is 5.12. The summed E-state index contributed by atoms with van der Waals surface area (Å²) in [5.74, 6) is -0.252. The van der Waals surface area contributed by atoms with Crippen molar-refractivity contribution < 1.29 is 9.53 Å². The molecule has 0 aromatic heterocycles. The fraction of sp³-hybridized carbons (Fsp3) is 0.364. The van der Waals surface area contributed by atoms with Crippen molar-refractivity contribution >= 4 is 33.5 Å². The Hall–Kier alpha value is -0.540. The van der Waals surface area contributed by atoms with Gasteiger partial charge in [-0.3, -0.25) is 4.79 Å². The first-order valence-corrected chi connectivity index (χ1v) is 6.09. The molecule has 0 N–H and O–H groups in total. The van der Waals surface area contributed by atoms with Crippen LogP contribution in [0.3, 0.4) is 0 Å². The first-order chi connectivity index (χ1) is 7.11. The average Bonchev–Trinajstić information content (AvgIpc) is 2.16. The van der Waals surface area contributed by atoms with Crippen LogP contribution in [-0.4, -0.2) is 12.6 Å². The van der Waals surface area contributed by atoms with Gasteiger partial charge in [0.15, 0.2) is 0 Å². The number of hydrogen-bond donors (Lipinski definition) is 0. The molecule has 0 amide bonds. The number of hydrogen-bond acceptors (Lipinski definition) is 2. The molecule has 0 heterocycles. The molecule has 0 radical (unpaired) electrons. The zero-order chi connectivity index (χ0) is 11.3. The lowest BCUT2D eigenvalue weighted by atomic mass is 10.1. The maximum atomic E-state index is 10.6. The summed E-state index contributed by atoms with van der Waals surface area (Å²) >= 11 is 9.31. The summed E-state index contributed by atoms with van der Waals surface area (Å²) in [6.07, 6.45) is 0.695. The predicted octanol–water partition coefficient (Wildman–Crippen LogP) is 3.34. The summed E-state index contributed by atoms with van der Waals surface area (Å²) < 4.78 is 4.87. The van der Waals surface area contributed by atoms with Gasteiger partial charge >= 0.3 is 5.97 Å². The number of halogens is 2. The Morgan fingerprint density at radius 2 is 2.07 bits per heavy atom. The van der Waals surface area contributed by atoms with Crippen LogP contribution in [0.25, 0.3) is 0 Å². The van der Waals surface area contributed by atoms with Crippen molar-refractivity contribution in [3.8, 4) is 0 Å². The van der Waals surface area contributed by atoms with Crippen LogP contribution in [0.4, 0.5) is 0 Å². The minimum Gasteiger partial charge on any atom is -0.466 e. The van der Waals surface area contributed by atoms with Gasteiger partial charge < -0.3 is 4.74 Å². The lowest BCUT2D eigenvalue weighted by Crippen LogP contribution is -2.03. The van der Waals surface area contributed by atoms with Gasteiger partial charge in [0, 0.05) is 23.7 Å². The van der Waals surface area contributed by atoms with Gasteiger partial charge in [0.25, 0.3) is 0 Å². The van der Waals surface area contributed by atoms with Gasteiger partial charge in [0.1, 0.15) is 0 Å². The van der Waals surface area contributed by atoms with E-state index < -0.39 is 0 Å². The first kappa shape index (κ1) is 12.5. The second kappa shape index (κ2) is 6.13. The molecule has 4 heteroatoms. The van der Waals surface area contributed by atoms with E-state index in [-0.39, 0.29) is 5.97 Å². The molecule has 82 valence electrons. The third-order valence-corrected chi connectivity index (χ3v) is 2.73. The molecule has 0 aliphatic carbocycles. The van der Waals surface area contributed by atoms with Gasteiger partial charge in [-0.05, 0) is 23.3 Å². The van der Waals surface area contributed by atoms with Crippen LogP contribution in [0.2, 0.25) is 5.02 Å². The topological polar surface area (TPSA) is 26.3 Å². The minimum absolute atomic E-state index is 0.252. The van der Waals surface area contributed by atoms with E-state index >= 15 is 0 Å². The van der Waals surface area contributed by atoms with Crippen LogP contribution in [-0.2, 0) is 21.3 Å². The Balaban J connectivity index is 2.60. The van der Waals surface area contributed by atoms with E-state index in [1.165, 1.54) is 6.92 Å².